The third kappa shape index (κ3) is 2.18. The predicted octanol–water partition coefficient (Wildman–Crippen LogP) is 2.14. The van der Waals surface area contributed by atoms with Crippen molar-refractivity contribution >= 4 is 5.69 Å². The van der Waals surface area contributed by atoms with Crippen LogP contribution in [0.4, 0.5) is 18.9 Å². The maximum atomic E-state index is 12.5. The van der Waals surface area contributed by atoms with Crippen LogP contribution in [0.15, 0.2) is 6.20 Å². The quantitative estimate of drug-likeness (QED) is 0.807. The van der Waals surface area contributed by atoms with Gasteiger partial charge in [0.2, 0.25) is 0 Å². The lowest BCUT2D eigenvalue weighted by Crippen LogP contribution is -2.18. The average molecular weight is 207 g/mol. The van der Waals surface area contributed by atoms with E-state index < -0.39 is 11.9 Å². The number of rotatable bonds is 2. The molecule has 0 saturated carbocycles. The molecule has 3 nitrogen and oxygen atoms in total. The van der Waals surface area contributed by atoms with Crippen molar-refractivity contribution in [3.05, 3.63) is 11.9 Å². The zero-order valence-electron chi connectivity index (χ0n) is 7.97. The van der Waals surface area contributed by atoms with Crippen molar-refractivity contribution in [3.8, 4) is 0 Å². The van der Waals surface area contributed by atoms with Gasteiger partial charge in [0.25, 0.3) is 0 Å². The van der Waals surface area contributed by atoms with Gasteiger partial charge >= 0.3 is 6.18 Å². The Kier molecular flexibility index (Phi) is 2.73. The Morgan fingerprint density at radius 2 is 2.07 bits per heavy atom. The molecule has 2 N–H and O–H groups in total. The summed E-state index contributed by atoms with van der Waals surface area (Å²) < 4.78 is 38.3. The number of nitrogens with zero attached hydrogens (tertiary/aromatic N) is 2. The van der Waals surface area contributed by atoms with Crippen molar-refractivity contribution in [2.75, 3.05) is 5.73 Å². The van der Waals surface area contributed by atoms with Gasteiger partial charge in [-0.2, -0.15) is 18.3 Å². The largest absolute Gasteiger partial charge is 0.435 e. The highest BCUT2D eigenvalue weighted by atomic mass is 19.4. The van der Waals surface area contributed by atoms with E-state index in [1.54, 1.807) is 0 Å². The Balaban J connectivity index is 3.07. The summed E-state index contributed by atoms with van der Waals surface area (Å²) in [7, 11) is 0. The second kappa shape index (κ2) is 3.51. The Morgan fingerprint density at radius 1 is 1.50 bits per heavy atom. The molecule has 0 atom stereocenters. The fourth-order valence-corrected chi connectivity index (χ4v) is 1.19. The smallest absolute Gasteiger partial charge is 0.396 e. The van der Waals surface area contributed by atoms with Crippen LogP contribution in [0, 0.1) is 5.92 Å². The Hall–Kier alpha value is -1.20. The molecule has 1 rings (SSSR count). The number of nitrogens with two attached hydrogens (primary N) is 1. The molecule has 0 aromatic carbocycles. The van der Waals surface area contributed by atoms with E-state index in [-0.39, 0.29) is 18.2 Å². The monoisotopic (exact) mass is 207 g/mol. The second-order valence-electron chi connectivity index (χ2n) is 3.52. The summed E-state index contributed by atoms with van der Waals surface area (Å²) in [5, 5.41) is 3.59. The standard InChI is InChI=1S/C8H12F3N3/c1-5(2)4-14-7(8(9,10)11)6(12)3-13-14/h3,5H,4,12H2,1-2H3. The molecule has 0 bridgehead atoms. The summed E-state index contributed by atoms with van der Waals surface area (Å²) >= 11 is 0. The summed E-state index contributed by atoms with van der Waals surface area (Å²) in [6.45, 7) is 3.85. The Bertz CT molecular complexity index is 314. The maximum Gasteiger partial charge on any atom is 0.435 e. The minimum Gasteiger partial charge on any atom is -0.396 e. The third-order valence-corrected chi connectivity index (χ3v) is 1.67. The Morgan fingerprint density at radius 3 is 2.50 bits per heavy atom. The summed E-state index contributed by atoms with van der Waals surface area (Å²) in [6.07, 6.45) is -3.40. The summed E-state index contributed by atoms with van der Waals surface area (Å²) in [4.78, 5) is 0. The van der Waals surface area contributed by atoms with Crippen molar-refractivity contribution in [1.82, 2.24) is 9.78 Å². The molecular weight excluding hydrogens is 195 g/mol. The minimum atomic E-state index is -4.44. The van der Waals surface area contributed by atoms with Gasteiger partial charge < -0.3 is 5.73 Å². The number of anilines is 1. The SMILES string of the molecule is CC(C)Cn1ncc(N)c1C(F)(F)F. The van der Waals surface area contributed by atoms with Crippen molar-refractivity contribution in [3.63, 3.8) is 0 Å². The van der Waals surface area contributed by atoms with Gasteiger partial charge in [-0.3, -0.25) is 4.68 Å². The molecule has 0 spiro atoms. The van der Waals surface area contributed by atoms with Crippen LogP contribution in [0.5, 0.6) is 0 Å². The van der Waals surface area contributed by atoms with Crippen molar-refractivity contribution in [2.24, 2.45) is 5.92 Å². The molecule has 1 aromatic rings. The van der Waals surface area contributed by atoms with Crippen molar-refractivity contribution in [1.29, 1.82) is 0 Å². The van der Waals surface area contributed by atoms with Crippen LogP contribution >= 0.6 is 0 Å². The summed E-state index contributed by atoms with van der Waals surface area (Å²) in [5.74, 6) is 0.0930. The lowest BCUT2D eigenvalue weighted by molar-refractivity contribution is -0.143. The van der Waals surface area contributed by atoms with Crippen molar-refractivity contribution in [2.45, 2.75) is 26.6 Å². The van der Waals surface area contributed by atoms with Gasteiger partial charge in [-0.15, -0.1) is 0 Å². The Labute approximate surface area is 79.7 Å². The lowest BCUT2D eigenvalue weighted by Gasteiger charge is -2.12. The predicted molar refractivity (Wildman–Crippen MR) is 46.5 cm³/mol. The number of nitrogen functional groups attached to an aromatic ring is 1. The highest BCUT2D eigenvalue weighted by molar-refractivity contribution is 5.42. The fourth-order valence-electron chi connectivity index (χ4n) is 1.19. The van der Waals surface area contributed by atoms with Gasteiger partial charge in [-0.05, 0) is 5.92 Å². The van der Waals surface area contributed by atoms with E-state index in [4.69, 9.17) is 5.73 Å². The first-order valence-corrected chi connectivity index (χ1v) is 4.21. The number of hydrogen-bond acceptors (Lipinski definition) is 2. The van der Waals surface area contributed by atoms with Gasteiger partial charge in [0.15, 0.2) is 5.69 Å². The molecule has 0 aliphatic rings. The fraction of sp³-hybridized carbons (Fsp3) is 0.625. The van der Waals surface area contributed by atoms with E-state index in [2.05, 4.69) is 5.10 Å². The zero-order valence-corrected chi connectivity index (χ0v) is 7.97. The third-order valence-electron chi connectivity index (χ3n) is 1.67. The number of halogens is 3. The molecule has 1 heterocycles. The molecule has 6 heteroatoms. The average Bonchev–Trinajstić information content (AvgIpc) is 2.28. The first kappa shape index (κ1) is 10.9. The van der Waals surface area contributed by atoms with Crippen molar-refractivity contribution < 1.29 is 13.2 Å². The van der Waals surface area contributed by atoms with Crippen LogP contribution in [0.2, 0.25) is 0 Å². The molecule has 14 heavy (non-hydrogen) atoms. The molecule has 1 aromatic heterocycles. The normalized spacial score (nSPS) is 12.4. The number of alkyl halides is 3. The van der Waals surface area contributed by atoms with E-state index in [0.29, 0.717) is 0 Å². The van der Waals surface area contributed by atoms with Crippen LogP contribution in [-0.2, 0) is 12.7 Å². The first-order valence-electron chi connectivity index (χ1n) is 4.21. The molecule has 0 aliphatic heterocycles. The molecule has 0 radical (unpaired) electrons. The van der Waals surface area contributed by atoms with Crippen LogP contribution < -0.4 is 5.73 Å². The van der Waals surface area contributed by atoms with Gasteiger partial charge in [0.05, 0.1) is 11.9 Å². The van der Waals surface area contributed by atoms with Gasteiger partial charge in [-0.25, -0.2) is 0 Å². The molecule has 0 amide bonds. The topological polar surface area (TPSA) is 43.8 Å². The first-order chi connectivity index (χ1) is 6.32. The van der Waals surface area contributed by atoms with Gasteiger partial charge in [0.1, 0.15) is 0 Å². The highest BCUT2D eigenvalue weighted by Gasteiger charge is 2.37. The highest BCUT2D eigenvalue weighted by Crippen LogP contribution is 2.33. The van der Waals surface area contributed by atoms with E-state index in [1.807, 2.05) is 13.8 Å². The van der Waals surface area contributed by atoms with E-state index >= 15 is 0 Å². The molecule has 0 unspecified atom stereocenters. The van der Waals surface area contributed by atoms with E-state index in [9.17, 15) is 13.2 Å². The van der Waals surface area contributed by atoms with Crippen LogP contribution in [-0.4, -0.2) is 9.78 Å². The van der Waals surface area contributed by atoms with Crippen LogP contribution in [0.1, 0.15) is 19.5 Å². The van der Waals surface area contributed by atoms with E-state index in [1.165, 1.54) is 0 Å². The van der Waals surface area contributed by atoms with E-state index in [0.717, 1.165) is 10.9 Å². The summed E-state index contributed by atoms with van der Waals surface area (Å²) in [6, 6.07) is 0. The van der Waals surface area contributed by atoms with Crippen LogP contribution in [0.3, 0.4) is 0 Å². The molecule has 0 fully saturated rings. The molecular formula is C8H12F3N3. The number of hydrogen-bond donors (Lipinski definition) is 1. The zero-order chi connectivity index (χ0) is 10.9. The summed E-state index contributed by atoms with van der Waals surface area (Å²) in [5.41, 5.74) is 4.02. The molecule has 0 saturated heterocycles. The minimum absolute atomic E-state index is 0.0930. The van der Waals surface area contributed by atoms with Crippen LogP contribution in [0.25, 0.3) is 0 Å². The lowest BCUT2D eigenvalue weighted by atomic mass is 10.2. The molecule has 80 valence electrons. The van der Waals surface area contributed by atoms with Gasteiger partial charge in [0, 0.05) is 6.54 Å². The second-order valence-corrected chi connectivity index (χ2v) is 3.52. The number of aromatic nitrogens is 2. The molecule has 0 aliphatic carbocycles. The van der Waals surface area contributed by atoms with Gasteiger partial charge in [-0.1, -0.05) is 13.8 Å². The maximum absolute atomic E-state index is 12.5.